The average Bonchev–Trinajstić information content (AvgIpc) is 2.97. The molecule has 2 aromatic rings. The number of nitrogens with zero attached hydrogens (tertiary/aromatic N) is 2. The molecule has 2 N–H and O–H groups in total. The number of aromatic nitrogens is 2. The van der Waals surface area contributed by atoms with Gasteiger partial charge in [0.1, 0.15) is 5.65 Å². The van der Waals surface area contributed by atoms with Crippen LogP contribution in [0.5, 0.6) is 0 Å². The van der Waals surface area contributed by atoms with Crippen LogP contribution in [0, 0.1) is 0 Å². The molecule has 0 aliphatic carbocycles. The molecule has 2 aromatic heterocycles. The van der Waals surface area contributed by atoms with Crippen LogP contribution < -0.4 is 10.6 Å². The van der Waals surface area contributed by atoms with Crippen molar-refractivity contribution in [2.75, 3.05) is 18.4 Å². The van der Waals surface area contributed by atoms with E-state index in [9.17, 15) is 0 Å². The van der Waals surface area contributed by atoms with E-state index in [0.717, 1.165) is 18.7 Å². The Hall–Kier alpha value is -1.55. The summed E-state index contributed by atoms with van der Waals surface area (Å²) < 4.78 is 2.05. The van der Waals surface area contributed by atoms with Crippen molar-refractivity contribution < 1.29 is 0 Å². The van der Waals surface area contributed by atoms with Crippen molar-refractivity contribution in [2.45, 2.75) is 18.9 Å². The first kappa shape index (κ1) is 10.6. The lowest BCUT2D eigenvalue weighted by Gasteiger charge is -2.13. The van der Waals surface area contributed by atoms with E-state index in [0.29, 0.717) is 6.04 Å². The molecule has 0 amide bonds. The molecule has 0 radical (unpaired) electrons. The van der Waals surface area contributed by atoms with E-state index in [4.69, 9.17) is 0 Å². The molecule has 0 saturated carbocycles. The van der Waals surface area contributed by atoms with Crippen LogP contribution in [-0.2, 0) is 7.05 Å². The monoisotopic (exact) mass is 230 g/mol. The van der Waals surface area contributed by atoms with Crippen LogP contribution in [0.3, 0.4) is 0 Å². The molecule has 1 saturated heterocycles. The summed E-state index contributed by atoms with van der Waals surface area (Å²) in [4.78, 5) is 4.39. The lowest BCUT2D eigenvalue weighted by atomic mass is 10.2. The fourth-order valence-corrected chi connectivity index (χ4v) is 2.48. The Morgan fingerprint density at radius 1 is 1.53 bits per heavy atom. The number of pyridine rings is 1. The molecule has 0 aromatic carbocycles. The maximum absolute atomic E-state index is 4.39. The van der Waals surface area contributed by atoms with Gasteiger partial charge >= 0.3 is 0 Å². The Morgan fingerprint density at radius 2 is 2.47 bits per heavy atom. The molecule has 3 rings (SSSR count). The first-order valence-electron chi connectivity index (χ1n) is 6.22. The highest BCUT2D eigenvalue weighted by Gasteiger charge is 2.14. The number of hydrogen-bond donors (Lipinski definition) is 2. The van der Waals surface area contributed by atoms with Gasteiger partial charge in [0, 0.05) is 43.1 Å². The first-order valence-corrected chi connectivity index (χ1v) is 6.22. The van der Waals surface area contributed by atoms with E-state index in [-0.39, 0.29) is 0 Å². The highest BCUT2D eigenvalue weighted by Crippen LogP contribution is 2.22. The fraction of sp³-hybridized carbons (Fsp3) is 0.462. The topological polar surface area (TPSA) is 41.9 Å². The van der Waals surface area contributed by atoms with Gasteiger partial charge in [-0.1, -0.05) is 0 Å². The molecule has 4 nitrogen and oxygen atoms in total. The van der Waals surface area contributed by atoms with Gasteiger partial charge in [0.05, 0.1) is 0 Å². The van der Waals surface area contributed by atoms with E-state index >= 15 is 0 Å². The Labute approximate surface area is 101 Å². The second-order valence-corrected chi connectivity index (χ2v) is 4.70. The van der Waals surface area contributed by atoms with Gasteiger partial charge in [0.25, 0.3) is 0 Å². The minimum Gasteiger partial charge on any atom is -0.383 e. The van der Waals surface area contributed by atoms with Crippen molar-refractivity contribution in [3.63, 3.8) is 0 Å². The number of fused-ring (bicyclic) bond motifs is 1. The fourth-order valence-electron chi connectivity index (χ4n) is 2.48. The number of aryl methyl sites for hydroxylation is 1. The Kier molecular flexibility index (Phi) is 2.73. The molecular weight excluding hydrogens is 212 g/mol. The predicted molar refractivity (Wildman–Crippen MR) is 70.2 cm³/mol. The molecule has 0 spiro atoms. The van der Waals surface area contributed by atoms with Crippen molar-refractivity contribution in [1.29, 1.82) is 0 Å². The zero-order valence-electron chi connectivity index (χ0n) is 10.1. The third kappa shape index (κ3) is 2.00. The van der Waals surface area contributed by atoms with Gasteiger partial charge in [-0.25, -0.2) is 4.98 Å². The minimum atomic E-state index is 0.613. The van der Waals surface area contributed by atoms with E-state index in [1.54, 1.807) is 0 Å². The Bertz CT molecular complexity index is 511. The molecule has 4 heteroatoms. The summed E-state index contributed by atoms with van der Waals surface area (Å²) in [6.07, 6.45) is 6.49. The zero-order chi connectivity index (χ0) is 11.7. The molecule has 90 valence electrons. The molecule has 17 heavy (non-hydrogen) atoms. The third-order valence-corrected chi connectivity index (χ3v) is 3.47. The predicted octanol–water partition coefficient (Wildman–Crippen LogP) is 1.74. The van der Waals surface area contributed by atoms with Gasteiger partial charge in [-0.2, -0.15) is 0 Å². The number of nitrogens with one attached hydrogen (secondary N) is 2. The van der Waals surface area contributed by atoms with Crippen LogP contribution in [0.1, 0.15) is 12.8 Å². The van der Waals surface area contributed by atoms with E-state index in [2.05, 4.69) is 33.9 Å². The summed E-state index contributed by atoms with van der Waals surface area (Å²) in [5, 5.41) is 8.23. The largest absolute Gasteiger partial charge is 0.383 e. The molecular formula is C13H18N4. The van der Waals surface area contributed by atoms with Crippen molar-refractivity contribution in [3.05, 3.63) is 24.5 Å². The smallest absolute Gasteiger partial charge is 0.141 e. The molecule has 1 aliphatic heterocycles. The summed E-state index contributed by atoms with van der Waals surface area (Å²) in [7, 11) is 2.03. The lowest BCUT2D eigenvalue weighted by molar-refractivity contribution is 0.634. The summed E-state index contributed by atoms with van der Waals surface area (Å²) in [6, 6.07) is 4.78. The average molecular weight is 230 g/mol. The number of rotatable bonds is 3. The Morgan fingerprint density at radius 3 is 3.29 bits per heavy atom. The maximum Gasteiger partial charge on any atom is 0.141 e. The highest BCUT2D eigenvalue weighted by atomic mass is 15.0. The highest BCUT2D eigenvalue weighted by molar-refractivity contribution is 5.89. The SMILES string of the molecule is Cn1ccc2c(NCC3CCCN3)ccnc21. The van der Waals surface area contributed by atoms with Crippen LogP contribution in [0.25, 0.3) is 11.0 Å². The standard InChI is InChI=1S/C13H18N4/c1-17-8-5-11-12(4-7-15-13(11)17)16-9-10-3-2-6-14-10/h4-5,7-8,10,14H,2-3,6,9H2,1H3,(H,15,16). The summed E-state index contributed by atoms with van der Waals surface area (Å²) in [6.45, 7) is 2.15. The molecule has 1 fully saturated rings. The quantitative estimate of drug-likeness (QED) is 0.844. The molecule has 1 aliphatic rings. The van der Waals surface area contributed by atoms with Gasteiger partial charge in [-0.3, -0.25) is 0 Å². The van der Waals surface area contributed by atoms with E-state index in [1.165, 1.54) is 23.9 Å². The zero-order valence-corrected chi connectivity index (χ0v) is 10.1. The second-order valence-electron chi connectivity index (χ2n) is 4.70. The summed E-state index contributed by atoms with van der Waals surface area (Å²) in [5.41, 5.74) is 2.22. The van der Waals surface area contributed by atoms with E-state index < -0.39 is 0 Å². The van der Waals surface area contributed by atoms with Crippen molar-refractivity contribution >= 4 is 16.7 Å². The van der Waals surface area contributed by atoms with Gasteiger partial charge in [-0.05, 0) is 31.5 Å². The van der Waals surface area contributed by atoms with Crippen LogP contribution in [-0.4, -0.2) is 28.7 Å². The number of hydrogen-bond acceptors (Lipinski definition) is 3. The van der Waals surface area contributed by atoms with Crippen LogP contribution in [0.2, 0.25) is 0 Å². The van der Waals surface area contributed by atoms with E-state index in [1.807, 2.05) is 17.8 Å². The normalized spacial score (nSPS) is 19.9. The lowest BCUT2D eigenvalue weighted by Crippen LogP contribution is -2.29. The minimum absolute atomic E-state index is 0.613. The molecule has 0 bridgehead atoms. The second kappa shape index (κ2) is 4.37. The van der Waals surface area contributed by atoms with Crippen molar-refractivity contribution in [1.82, 2.24) is 14.9 Å². The molecule has 3 heterocycles. The number of anilines is 1. The van der Waals surface area contributed by atoms with Crippen LogP contribution in [0.15, 0.2) is 24.5 Å². The van der Waals surface area contributed by atoms with Crippen LogP contribution >= 0.6 is 0 Å². The summed E-state index contributed by atoms with van der Waals surface area (Å²) in [5.74, 6) is 0. The summed E-state index contributed by atoms with van der Waals surface area (Å²) >= 11 is 0. The molecule has 1 atom stereocenters. The maximum atomic E-state index is 4.39. The van der Waals surface area contributed by atoms with Crippen molar-refractivity contribution in [2.24, 2.45) is 7.05 Å². The van der Waals surface area contributed by atoms with Gasteiger partial charge in [-0.15, -0.1) is 0 Å². The van der Waals surface area contributed by atoms with Crippen LogP contribution in [0.4, 0.5) is 5.69 Å². The van der Waals surface area contributed by atoms with Gasteiger partial charge in [0.2, 0.25) is 0 Å². The van der Waals surface area contributed by atoms with Crippen molar-refractivity contribution in [3.8, 4) is 0 Å². The van der Waals surface area contributed by atoms with Gasteiger partial charge < -0.3 is 15.2 Å². The third-order valence-electron chi connectivity index (χ3n) is 3.47. The first-order chi connectivity index (χ1) is 8.34. The Balaban J connectivity index is 1.79. The molecule has 1 unspecified atom stereocenters. The van der Waals surface area contributed by atoms with Gasteiger partial charge in [0.15, 0.2) is 0 Å².